The Morgan fingerprint density at radius 1 is 1.00 bits per heavy atom. The third kappa shape index (κ3) is 2.09. The van der Waals surface area contributed by atoms with E-state index in [1.807, 2.05) is 0 Å². The van der Waals surface area contributed by atoms with Gasteiger partial charge in [0.1, 0.15) is 0 Å². The van der Waals surface area contributed by atoms with E-state index in [-0.39, 0.29) is 0 Å². The lowest BCUT2D eigenvalue weighted by Crippen LogP contribution is -2.16. The molecule has 2 atom stereocenters. The Morgan fingerprint density at radius 2 is 1.60 bits per heavy atom. The van der Waals surface area contributed by atoms with Gasteiger partial charge in [-0.2, -0.15) is 0 Å². The van der Waals surface area contributed by atoms with Crippen LogP contribution in [0.3, 0.4) is 0 Å². The van der Waals surface area contributed by atoms with Crippen LogP contribution in [0.25, 0.3) is 0 Å². The van der Waals surface area contributed by atoms with Crippen molar-refractivity contribution < 1.29 is 0 Å². The van der Waals surface area contributed by atoms with Crippen LogP contribution in [0.2, 0.25) is 0 Å². The molecule has 1 fully saturated rings. The summed E-state index contributed by atoms with van der Waals surface area (Å²) in [7, 11) is 0. The summed E-state index contributed by atoms with van der Waals surface area (Å²) >= 11 is 0. The first kappa shape index (κ1) is 10.7. The Bertz CT molecular complexity index is 318. The van der Waals surface area contributed by atoms with Crippen molar-refractivity contribution in [1.29, 1.82) is 0 Å². The summed E-state index contributed by atoms with van der Waals surface area (Å²) in [5.74, 6) is 1.69. The molecule has 1 aliphatic rings. The van der Waals surface area contributed by atoms with E-state index in [1.165, 1.54) is 36.8 Å². The van der Waals surface area contributed by atoms with Crippen molar-refractivity contribution in [3.05, 3.63) is 34.9 Å². The predicted molar refractivity (Wildman–Crippen MR) is 66.3 cm³/mol. The third-order valence-electron chi connectivity index (χ3n) is 4.02. The van der Waals surface area contributed by atoms with Crippen LogP contribution >= 0.6 is 0 Å². The third-order valence-corrected chi connectivity index (χ3v) is 4.02. The van der Waals surface area contributed by atoms with E-state index in [9.17, 15) is 0 Å². The van der Waals surface area contributed by atoms with Crippen molar-refractivity contribution in [3.63, 3.8) is 0 Å². The van der Waals surface area contributed by atoms with Gasteiger partial charge in [-0.05, 0) is 48.8 Å². The highest BCUT2D eigenvalue weighted by Gasteiger charge is 2.24. The lowest BCUT2D eigenvalue weighted by atomic mass is 9.74. The zero-order valence-corrected chi connectivity index (χ0v) is 10.2. The Balaban J connectivity index is 2.35. The molecule has 0 aliphatic heterocycles. The maximum atomic E-state index is 2.43. The highest BCUT2D eigenvalue weighted by Crippen LogP contribution is 2.39. The second-order valence-electron chi connectivity index (χ2n) is 5.17. The molecule has 0 N–H and O–H groups in total. The molecule has 0 heteroatoms. The van der Waals surface area contributed by atoms with Crippen LogP contribution in [0.4, 0.5) is 0 Å². The molecule has 2 unspecified atom stereocenters. The number of aryl methyl sites for hydroxylation is 2. The fraction of sp³-hybridized carbons (Fsp3) is 0.600. The van der Waals surface area contributed by atoms with Gasteiger partial charge >= 0.3 is 0 Å². The molecule has 0 aromatic heterocycles. The second kappa shape index (κ2) is 4.38. The molecule has 0 saturated heterocycles. The van der Waals surface area contributed by atoms with E-state index in [1.54, 1.807) is 5.56 Å². The SMILES string of the molecule is Cc1cccc(C)c1C1CCCCC1C. The van der Waals surface area contributed by atoms with E-state index in [0.717, 1.165) is 11.8 Å². The van der Waals surface area contributed by atoms with Gasteiger partial charge in [0.05, 0.1) is 0 Å². The maximum Gasteiger partial charge on any atom is -0.0131 e. The number of hydrogen-bond acceptors (Lipinski definition) is 0. The Hall–Kier alpha value is -0.780. The van der Waals surface area contributed by atoms with E-state index in [2.05, 4.69) is 39.0 Å². The highest BCUT2D eigenvalue weighted by atomic mass is 14.3. The molecule has 1 aromatic carbocycles. The topological polar surface area (TPSA) is 0 Å². The predicted octanol–water partition coefficient (Wildman–Crippen LogP) is 4.60. The summed E-state index contributed by atoms with van der Waals surface area (Å²) in [6.07, 6.45) is 5.66. The minimum absolute atomic E-state index is 0.819. The van der Waals surface area contributed by atoms with Crippen LogP contribution in [-0.4, -0.2) is 0 Å². The molecular formula is C15H22. The second-order valence-corrected chi connectivity index (χ2v) is 5.17. The number of hydrogen-bond donors (Lipinski definition) is 0. The van der Waals surface area contributed by atoms with Crippen LogP contribution in [0, 0.1) is 19.8 Å². The zero-order chi connectivity index (χ0) is 10.8. The number of benzene rings is 1. The molecule has 0 heterocycles. The Kier molecular flexibility index (Phi) is 3.14. The van der Waals surface area contributed by atoms with E-state index in [4.69, 9.17) is 0 Å². The molecular weight excluding hydrogens is 180 g/mol. The molecule has 0 bridgehead atoms. The average Bonchev–Trinajstić information content (AvgIpc) is 2.20. The first-order valence-corrected chi connectivity index (χ1v) is 6.26. The van der Waals surface area contributed by atoms with Gasteiger partial charge in [0.25, 0.3) is 0 Å². The van der Waals surface area contributed by atoms with Crippen LogP contribution < -0.4 is 0 Å². The van der Waals surface area contributed by atoms with Gasteiger partial charge in [-0.15, -0.1) is 0 Å². The summed E-state index contributed by atoms with van der Waals surface area (Å²) in [6.45, 7) is 6.96. The van der Waals surface area contributed by atoms with E-state index < -0.39 is 0 Å². The van der Waals surface area contributed by atoms with Gasteiger partial charge in [0, 0.05) is 0 Å². The fourth-order valence-electron chi connectivity index (χ4n) is 3.16. The Morgan fingerprint density at radius 3 is 2.20 bits per heavy atom. The summed E-state index contributed by atoms with van der Waals surface area (Å²) < 4.78 is 0. The molecule has 0 amide bonds. The molecule has 1 aromatic rings. The van der Waals surface area contributed by atoms with Gasteiger partial charge in [-0.1, -0.05) is 44.4 Å². The summed E-state index contributed by atoms with van der Waals surface area (Å²) in [5, 5.41) is 0. The summed E-state index contributed by atoms with van der Waals surface area (Å²) in [5.41, 5.74) is 4.63. The molecule has 82 valence electrons. The summed E-state index contributed by atoms with van der Waals surface area (Å²) in [4.78, 5) is 0. The van der Waals surface area contributed by atoms with Crippen molar-refractivity contribution in [2.45, 2.75) is 52.4 Å². The standard InChI is InChI=1S/C15H22/c1-11-7-4-5-10-14(11)15-12(2)8-6-9-13(15)3/h6,8-9,11,14H,4-5,7,10H2,1-3H3. The lowest BCUT2D eigenvalue weighted by Gasteiger charge is -2.31. The van der Waals surface area contributed by atoms with Crippen molar-refractivity contribution in [2.75, 3.05) is 0 Å². The first-order valence-electron chi connectivity index (χ1n) is 6.26. The van der Waals surface area contributed by atoms with Gasteiger partial charge in [0.2, 0.25) is 0 Å². The van der Waals surface area contributed by atoms with Crippen LogP contribution in [0.1, 0.15) is 55.2 Å². The highest BCUT2D eigenvalue weighted by molar-refractivity contribution is 5.37. The van der Waals surface area contributed by atoms with Crippen molar-refractivity contribution in [2.24, 2.45) is 5.92 Å². The zero-order valence-electron chi connectivity index (χ0n) is 10.2. The van der Waals surface area contributed by atoms with Gasteiger partial charge < -0.3 is 0 Å². The van der Waals surface area contributed by atoms with Gasteiger partial charge in [-0.3, -0.25) is 0 Å². The van der Waals surface area contributed by atoms with Crippen LogP contribution in [-0.2, 0) is 0 Å². The maximum absolute atomic E-state index is 2.43. The van der Waals surface area contributed by atoms with E-state index >= 15 is 0 Å². The molecule has 2 rings (SSSR count). The van der Waals surface area contributed by atoms with Crippen molar-refractivity contribution in [1.82, 2.24) is 0 Å². The largest absolute Gasteiger partial charge is 0.0619 e. The van der Waals surface area contributed by atoms with Gasteiger partial charge in [0.15, 0.2) is 0 Å². The van der Waals surface area contributed by atoms with Crippen molar-refractivity contribution in [3.8, 4) is 0 Å². The normalized spacial score (nSPS) is 26.6. The van der Waals surface area contributed by atoms with Crippen molar-refractivity contribution >= 4 is 0 Å². The average molecular weight is 202 g/mol. The lowest BCUT2D eigenvalue weighted by molar-refractivity contribution is 0.329. The first-order chi connectivity index (χ1) is 7.20. The minimum atomic E-state index is 0.819. The molecule has 15 heavy (non-hydrogen) atoms. The molecule has 0 spiro atoms. The fourth-order valence-corrected chi connectivity index (χ4v) is 3.16. The van der Waals surface area contributed by atoms with E-state index in [0.29, 0.717) is 0 Å². The summed E-state index contributed by atoms with van der Waals surface area (Å²) in [6, 6.07) is 6.72. The minimum Gasteiger partial charge on any atom is -0.0619 e. The monoisotopic (exact) mass is 202 g/mol. The van der Waals surface area contributed by atoms with Crippen LogP contribution in [0.5, 0.6) is 0 Å². The molecule has 1 aliphatic carbocycles. The molecule has 0 nitrogen and oxygen atoms in total. The Labute approximate surface area is 93.7 Å². The molecule has 0 radical (unpaired) electrons. The number of rotatable bonds is 1. The van der Waals surface area contributed by atoms with Gasteiger partial charge in [-0.25, -0.2) is 0 Å². The molecule has 1 saturated carbocycles. The smallest absolute Gasteiger partial charge is 0.0131 e. The quantitative estimate of drug-likeness (QED) is 0.624. The van der Waals surface area contributed by atoms with Crippen LogP contribution in [0.15, 0.2) is 18.2 Å².